The molecule has 0 bridgehead atoms. The van der Waals surface area contributed by atoms with Crippen LogP contribution in [0.4, 0.5) is 0 Å². The van der Waals surface area contributed by atoms with Gasteiger partial charge in [-0.05, 0) is 56.4 Å². The molecule has 3 rings (SSSR count). The van der Waals surface area contributed by atoms with E-state index in [2.05, 4.69) is 71.0 Å². The predicted octanol–water partition coefficient (Wildman–Crippen LogP) is 3.45. The molecule has 0 amide bonds. The zero-order valence-electron chi connectivity index (χ0n) is 12.9. The molecule has 0 saturated carbocycles. The van der Waals surface area contributed by atoms with E-state index in [1.165, 1.54) is 16.3 Å². The Morgan fingerprint density at radius 3 is 2.00 bits per heavy atom. The maximum Gasteiger partial charge on any atom is 0.495 e. The average molecular weight is 268 g/mol. The highest BCUT2D eigenvalue weighted by Gasteiger charge is 2.52. The van der Waals surface area contributed by atoms with E-state index in [0.29, 0.717) is 0 Å². The summed E-state index contributed by atoms with van der Waals surface area (Å²) in [5.74, 6) is 0. The van der Waals surface area contributed by atoms with Gasteiger partial charge in [-0.25, -0.2) is 0 Å². The summed E-state index contributed by atoms with van der Waals surface area (Å²) < 4.78 is 12.4. The Labute approximate surface area is 121 Å². The standard InChI is InChI=1S/C17H21BO2/c1-12-8-6-9-13-10-7-11-14(15(12)13)18-19-16(2,3)17(4,5)20-18/h6-11H,1-5H3. The van der Waals surface area contributed by atoms with Crippen molar-refractivity contribution in [1.82, 2.24) is 0 Å². The van der Waals surface area contributed by atoms with Crippen LogP contribution in [0.3, 0.4) is 0 Å². The Morgan fingerprint density at radius 1 is 0.850 bits per heavy atom. The first-order chi connectivity index (χ1) is 9.32. The van der Waals surface area contributed by atoms with E-state index in [4.69, 9.17) is 9.31 Å². The minimum absolute atomic E-state index is 0.301. The van der Waals surface area contributed by atoms with Crippen molar-refractivity contribution in [2.75, 3.05) is 0 Å². The third-order valence-electron chi connectivity index (χ3n) is 4.65. The van der Waals surface area contributed by atoms with Gasteiger partial charge in [-0.3, -0.25) is 0 Å². The Hall–Kier alpha value is -1.32. The molecule has 2 aromatic rings. The van der Waals surface area contributed by atoms with E-state index in [0.717, 1.165) is 5.46 Å². The molecule has 1 aliphatic rings. The second-order valence-corrected chi connectivity index (χ2v) is 6.61. The van der Waals surface area contributed by atoms with E-state index in [1.807, 2.05) is 0 Å². The smallest absolute Gasteiger partial charge is 0.399 e. The van der Waals surface area contributed by atoms with Gasteiger partial charge in [-0.15, -0.1) is 0 Å². The van der Waals surface area contributed by atoms with Gasteiger partial charge in [0.25, 0.3) is 0 Å². The maximum atomic E-state index is 6.19. The molecular weight excluding hydrogens is 247 g/mol. The summed E-state index contributed by atoms with van der Waals surface area (Å²) in [6.45, 7) is 10.5. The van der Waals surface area contributed by atoms with Crippen LogP contribution in [0, 0.1) is 6.92 Å². The predicted molar refractivity (Wildman–Crippen MR) is 84.4 cm³/mol. The quantitative estimate of drug-likeness (QED) is 0.737. The van der Waals surface area contributed by atoms with Gasteiger partial charge in [0.1, 0.15) is 0 Å². The van der Waals surface area contributed by atoms with Gasteiger partial charge in [0.2, 0.25) is 0 Å². The second-order valence-electron chi connectivity index (χ2n) is 6.61. The number of aryl methyl sites for hydroxylation is 1. The fourth-order valence-electron chi connectivity index (χ4n) is 2.73. The molecule has 2 aromatic carbocycles. The molecular formula is C17H21BO2. The summed E-state index contributed by atoms with van der Waals surface area (Å²) in [6.07, 6.45) is 0. The van der Waals surface area contributed by atoms with Crippen LogP contribution < -0.4 is 5.46 Å². The zero-order chi connectivity index (χ0) is 14.5. The minimum atomic E-state index is -0.303. The molecule has 3 heteroatoms. The zero-order valence-corrected chi connectivity index (χ0v) is 12.9. The van der Waals surface area contributed by atoms with E-state index in [-0.39, 0.29) is 18.3 Å². The summed E-state index contributed by atoms with van der Waals surface area (Å²) in [4.78, 5) is 0. The molecule has 0 N–H and O–H groups in total. The largest absolute Gasteiger partial charge is 0.495 e. The molecule has 104 valence electrons. The molecule has 0 radical (unpaired) electrons. The van der Waals surface area contributed by atoms with Crippen molar-refractivity contribution in [3.05, 3.63) is 42.0 Å². The highest BCUT2D eigenvalue weighted by molar-refractivity contribution is 6.65. The van der Waals surface area contributed by atoms with Gasteiger partial charge in [0.15, 0.2) is 0 Å². The summed E-state index contributed by atoms with van der Waals surface area (Å²) in [5, 5.41) is 2.48. The van der Waals surface area contributed by atoms with Gasteiger partial charge in [-0.1, -0.05) is 36.4 Å². The molecule has 1 heterocycles. The van der Waals surface area contributed by atoms with Crippen molar-refractivity contribution < 1.29 is 9.31 Å². The van der Waals surface area contributed by atoms with Gasteiger partial charge >= 0.3 is 7.12 Å². The minimum Gasteiger partial charge on any atom is -0.399 e. The number of hydrogen-bond acceptors (Lipinski definition) is 2. The van der Waals surface area contributed by atoms with Crippen LogP contribution >= 0.6 is 0 Å². The van der Waals surface area contributed by atoms with E-state index >= 15 is 0 Å². The van der Waals surface area contributed by atoms with Crippen LogP contribution in [0.15, 0.2) is 36.4 Å². The lowest BCUT2D eigenvalue weighted by Gasteiger charge is -2.32. The van der Waals surface area contributed by atoms with Gasteiger partial charge in [-0.2, -0.15) is 0 Å². The van der Waals surface area contributed by atoms with E-state index in [9.17, 15) is 0 Å². The molecule has 20 heavy (non-hydrogen) atoms. The SMILES string of the molecule is Cc1cccc2cccc(B3OC(C)(C)C(C)(C)O3)c12. The molecule has 1 aliphatic heterocycles. The molecule has 0 aromatic heterocycles. The lowest BCUT2D eigenvalue weighted by Crippen LogP contribution is -2.41. The summed E-state index contributed by atoms with van der Waals surface area (Å²) >= 11 is 0. The van der Waals surface area contributed by atoms with Crippen molar-refractivity contribution in [3.63, 3.8) is 0 Å². The Kier molecular flexibility index (Phi) is 2.96. The molecule has 1 fully saturated rings. The van der Waals surface area contributed by atoms with Gasteiger partial charge < -0.3 is 9.31 Å². The maximum absolute atomic E-state index is 6.19. The lowest BCUT2D eigenvalue weighted by molar-refractivity contribution is 0.00578. The van der Waals surface area contributed by atoms with Crippen LogP contribution in [-0.2, 0) is 9.31 Å². The summed E-state index contributed by atoms with van der Waals surface area (Å²) in [5.41, 5.74) is 1.78. The van der Waals surface area contributed by atoms with Crippen LogP contribution in [0.25, 0.3) is 10.8 Å². The van der Waals surface area contributed by atoms with Crippen molar-refractivity contribution in [3.8, 4) is 0 Å². The fourth-order valence-corrected chi connectivity index (χ4v) is 2.73. The Bertz CT molecular complexity index is 640. The van der Waals surface area contributed by atoms with Crippen molar-refractivity contribution >= 4 is 23.4 Å². The third-order valence-corrected chi connectivity index (χ3v) is 4.65. The molecule has 0 atom stereocenters. The van der Waals surface area contributed by atoms with E-state index in [1.54, 1.807) is 0 Å². The van der Waals surface area contributed by atoms with Gasteiger partial charge in [0.05, 0.1) is 11.2 Å². The number of fused-ring (bicyclic) bond motifs is 1. The van der Waals surface area contributed by atoms with Crippen LogP contribution in [-0.4, -0.2) is 18.3 Å². The molecule has 1 saturated heterocycles. The topological polar surface area (TPSA) is 18.5 Å². The molecule has 0 spiro atoms. The fraction of sp³-hybridized carbons (Fsp3) is 0.412. The first kappa shape index (κ1) is 13.7. The normalized spacial score (nSPS) is 20.6. The second kappa shape index (κ2) is 4.34. The number of hydrogen-bond donors (Lipinski definition) is 0. The van der Waals surface area contributed by atoms with Crippen molar-refractivity contribution in [1.29, 1.82) is 0 Å². The highest BCUT2D eigenvalue weighted by atomic mass is 16.7. The van der Waals surface area contributed by atoms with Crippen molar-refractivity contribution in [2.24, 2.45) is 0 Å². The molecule has 2 nitrogen and oxygen atoms in total. The van der Waals surface area contributed by atoms with Crippen LogP contribution in [0.5, 0.6) is 0 Å². The highest BCUT2D eigenvalue weighted by Crippen LogP contribution is 2.37. The summed E-state index contributed by atoms with van der Waals surface area (Å²) in [6, 6.07) is 12.7. The third kappa shape index (κ3) is 1.97. The summed E-state index contributed by atoms with van der Waals surface area (Å²) in [7, 11) is -0.301. The van der Waals surface area contributed by atoms with Gasteiger partial charge in [0, 0.05) is 0 Å². The Balaban J connectivity index is 2.13. The number of benzene rings is 2. The molecule has 0 unspecified atom stereocenters. The first-order valence-electron chi connectivity index (χ1n) is 7.16. The lowest BCUT2D eigenvalue weighted by atomic mass is 9.75. The molecule has 0 aliphatic carbocycles. The average Bonchev–Trinajstić information content (AvgIpc) is 2.58. The Morgan fingerprint density at radius 2 is 1.40 bits per heavy atom. The first-order valence-corrected chi connectivity index (χ1v) is 7.16. The number of rotatable bonds is 1. The van der Waals surface area contributed by atoms with Crippen molar-refractivity contribution in [2.45, 2.75) is 45.8 Å². The van der Waals surface area contributed by atoms with E-state index < -0.39 is 0 Å². The van der Waals surface area contributed by atoms with Crippen LogP contribution in [0.1, 0.15) is 33.3 Å². The monoisotopic (exact) mass is 268 g/mol. The van der Waals surface area contributed by atoms with Crippen LogP contribution in [0.2, 0.25) is 0 Å².